The molecule has 1 atom stereocenters. The van der Waals surface area contributed by atoms with E-state index in [-0.39, 0.29) is 0 Å². The molecule has 1 aromatic heterocycles. The van der Waals surface area contributed by atoms with Gasteiger partial charge in [0.25, 0.3) is 0 Å². The summed E-state index contributed by atoms with van der Waals surface area (Å²) < 4.78 is 0. The number of rotatable bonds is 2. The van der Waals surface area contributed by atoms with Crippen molar-refractivity contribution in [3.8, 4) is 0 Å². The SMILES string of the molecule is CC1CCCN(c2ccc(C(N)=S)cn2)C1. The number of hydrogen-bond acceptors (Lipinski definition) is 3. The van der Waals surface area contributed by atoms with Crippen molar-refractivity contribution in [2.24, 2.45) is 11.7 Å². The number of anilines is 1. The van der Waals surface area contributed by atoms with E-state index >= 15 is 0 Å². The van der Waals surface area contributed by atoms with Gasteiger partial charge >= 0.3 is 0 Å². The van der Waals surface area contributed by atoms with Gasteiger partial charge in [-0.25, -0.2) is 4.98 Å². The number of nitrogens with two attached hydrogens (primary N) is 1. The maximum atomic E-state index is 5.54. The Morgan fingerprint density at radius 3 is 2.94 bits per heavy atom. The fraction of sp³-hybridized carbons (Fsp3) is 0.500. The van der Waals surface area contributed by atoms with Gasteiger partial charge < -0.3 is 10.6 Å². The fourth-order valence-corrected chi connectivity index (χ4v) is 2.24. The highest BCUT2D eigenvalue weighted by Crippen LogP contribution is 2.21. The summed E-state index contributed by atoms with van der Waals surface area (Å²) in [6.07, 6.45) is 4.33. The number of aromatic nitrogens is 1. The maximum Gasteiger partial charge on any atom is 0.128 e. The average Bonchev–Trinajstić information content (AvgIpc) is 2.29. The minimum absolute atomic E-state index is 0.408. The predicted octanol–water partition coefficient (Wildman–Crippen LogP) is 1.95. The number of nitrogens with zero attached hydrogens (tertiary/aromatic N) is 2. The van der Waals surface area contributed by atoms with Gasteiger partial charge in [0, 0.05) is 24.8 Å². The van der Waals surface area contributed by atoms with Gasteiger partial charge in [0.1, 0.15) is 10.8 Å². The first-order valence-corrected chi connectivity index (χ1v) is 6.08. The number of hydrogen-bond donors (Lipinski definition) is 1. The molecule has 1 aromatic rings. The van der Waals surface area contributed by atoms with Gasteiger partial charge in [-0.15, -0.1) is 0 Å². The molecule has 0 spiro atoms. The Labute approximate surface area is 102 Å². The highest BCUT2D eigenvalue weighted by atomic mass is 32.1. The van der Waals surface area contributed by atoms with E-state index in [1.54, 1.807) is 6.20 Å². The van der Waals surface area contributed by atoms with E-state index in [0.717, 1.165) is 30.4 Å². The summed E-state index contributed by atoms with van der Waals surface area (Å²) in [6, 6.07) is 3.95. The molecular formula is C12H17N3S. The van der Waals surface area contributed by atoms with Crippen LogP contribution in [-0.4, -0.2) is 23.1 Å². The molecule has 0 saturated carbocycles. The zero-order chi connectivity index (χ0) is 11.5. The molecule has 3 nitrogen and oxygen atoms in total. The molecule has 0 radical (unpaired) electrons. The van der Waals surface area contributed by atoms with Crippen molar-refractivity contribution in [3.63, 3.8) is 0 Å². The van der Waals surface area contributed by atoms with E-state index in [4.69, 9.17) is 18.0 Å². The van der Waals surface area contributed by atoms with Crippen LogP contribution in [0.2, 0.25) is 0 Å². The van der Waals surface area contributed by atoms with Crippen LogP contribution < -0.4 is 10.6 Å². The molecule has 2 rings (SSSR count). The molecule has 0 aliphatic carbocycles. The van der Waals surface area contributed by atoms with Gasteiger partial charge in [0.2, 0.25) is 0 Å². The van der Waals surface area contributed by atoms with Gasteiger partial charge in [0.15, 0.2) is 0 Å². The van der Waals surface area contributed by atoms with Gasteiger partial charge in [-0.05, 0) is 30.9 Å². The lowest BCUT2D eigenvalue weighted by Crippen LogP contribution is -2.34. The molecule has 2 heterocycles. The zero-order valence-electron chi connectivity index (χ0n) is 9.52. The van der Waals surface area contributed by atoms with Crippen LogP contribution in [0.1, 0.15) is 25.3 Å². The van der Waals surface area contributed by atoms with E-state index in [1.807, 2.05) is 12.1 Å². The van der Waals surface area contributed by atoms with Crippen molar-refractivity contribution in [3.05, 3.63) is 23.9 Å². The lowest BCUT2D eigenvalue weighted by Gasteiger charge is -2.31. The van der Waals surface area contributed by atoms with Crippen LogP contribution in [0.5, 0.6) is 0 Å². The average molecular weight is 235 g/mol. The summed E-state index contributed by atoms with van der Waals surface area (Å²) in [7, 11) is 0. The second-order valence-corrected chi connectivity index (χ2v) is 4.90. The fourth-order valence-electron chi connectivity index (χ4n) is 2.12. The summed E-state index contributed by atoms with van der Waals surface area (Å²) in [5.41, 5.74) is 6.38. The van der Waals surface area contributed by atoms with Crippen molar-refractivity contribution in [2.45, 2.75) is 19.8 Å². The summed E-state index contributed by atoms with van der Waals surface area (Å²) in [4.78, 5) is 7.16. The number of piperidine rings is 1. The van der Waals surface area contributed by atoms with Crippen LogP contribution >= 0.6 is 12.2 Å². The molecule has 16 heavy (non-hydrogen) atoms. The molecule has 86 valence electrons. The Bertz CT molecular complexity index is 374. The normalized spacial score (nSPS) is 20.8. The van der Waals surface area contributed by atoms with E-state index in [0.29, 0.717) is 4.99 Å². The Balaban J connectivity index is 2.11. The number of pyridine rings is 1. The van der Waals surface area contributed by atoms with Crippen LogP contribution in [0.4, 0.5) is 5.82 Å². The van der Waals surface area contributed by atoms with Crippen molar-refractivity contribution < 1.29 is 0 Å². The summed E-state index contributed by atoms with van der Waals surface area (Å²) in [5, 5.41) is 0. The van der Waals surface area contributed by atoms with E-state index in [1.165, 1.54) is 12.8 Å². The molecule has 0 bridgehead atoms. The quantitative estimate of drug-likeness (QED) is 0.796. The summed E-state index contributed by atoms with van der Waals surface area (Å²) in [5.74, 6) is 1.79. The highest BCUT2D eigenvalue weighted by molar-refractivity contribution is 7.80. The summed E-state index contributed by atoms with van der Waals surface area (Å²) in [6.45, 7) is 4.48. The molecule has 1 aliphatic rings. The van der Waals surface area contributed by atoms with Crippen molar-refractivity contribution >= 4 is 23.0 Å². The minimum Gasteiger partial charge on any atom is -0.389 e. The van der Waals surface area contributed by atoms with Crippen LogP contribution in [0.3, 0.4) is 0 Å². The standard InChI is InChI=1S/C12H17N3S/c1-9-3-2-6-15(8-9)11-5-4-10(7-14-11)12(13)16/h4-5,7,9H,2-3,6,8H2,1H3,(H2,13,16). The Kier molecular flexibility index (Phi) is 3.39. The first-order chi connectivity index (χ1) is 7.66. The predicted molar refractivity (Wildman–Crippen MR) is 70.7 cm³/mol. The van der Waals surface area contributed by atoms with Gasteiger partial charge in [-0.2, -0.15) is 0 Å². The molecule has 1 saturated heterocycles. The third-order valence-electron chi connectivity index (χ3n) is 3.01. The molecule has 4 heteroatoms. The van der Waals surface area contributed by atoms with Crippen LogP contribution in [0.15, 0.2) is 18.3 Å². The van der Waals surface area contributed by atoms with Crippen molar-refractivity contribution in [2.75, 3.05) is 18.0 Å². The Morgan fingerprint density at radius 1 is 1.56 bits per heavy atom. The highest BCUT2D eigenvalue weighted by Gasteiger charge is 2.17. The Hall–Kier alpha value is -1.16. The van der Waals surface area contributed by atoms with E-state index < -0.39 is 0 Å². The molecule has 2 N–H and O–H groups in total. The van der Waals surface area contributed by atoms with E-state index in [9.17, 15) is 0 Å². The van der Waals surface area contributed by atoms with Crippen LogP contribution in [-0.2, 0) is 0 Å². The minimum atomic E-state index is 0.408. The molecule has 1 aliphatic heterocycles. The molecule has 0 aromatic carbocycles. The molecule has 0 amide bonds. The van der Waals surface area contributed by atoms with Gasteiger partial charge in [-0.1, -0.05) is 19.1 Å². The smallest absolute Gasteiger partial charge is 0.128 e. The second-order valence-electron chi connectivity index (χ2n) is 4.46. The van der Waals surface area contributed by atoms with Gasteiger partial charge in [-0.3, -0.25) is 0 Å². The zero-order valence-corrected chi connectivity index (χ0v) is 10.3. The molecular weight excluding hydrogens is 218 g/mol. The lowest BCUT2D eigenvalue weighted by atomic mass is 10.0. The third kappa shape index (κ3) is 2.50. The van der Waals surface area contributed by atoms with Crippen molar-refractivity contribution in [1.29, 1.82) is 0 Å². The third-order valence-corrected chi connectivity index (χ3v) is 3.25. The summed E-state index contributed by atoms with van der Waals surface area (Å²) >= 11 is 4.90. The van der Waals surface area contributed by atoms with Crippen LogP contribution in [0, 0.1) is 5.92 Å². The first kappa shape index (κ1) is 11.3. The second kappa shape index (κ2) is 4.78. The topological polar surface area (TPSA) is 42.1 Å². The molecule has 1 unspecified atom stereocenters. The lowest BCUT2D eigenvalue weighted by molar-refractivity contribution is 0.444. The number of thiocarbonyl (C=S) groups is 1. The van der Waals surface area contributed by atoms with Crippen LogP contribution in [0.25, 0.3) is 0 Å². The largest absolute Gasteiger partial charge is 0.389 e. The maximum absolute atomic E-state index is 5.54. The van der Waals surface area contributed by atoms with Gasteiger partial charge in [0.05, 0.1) is 0 Å². The first-order valence-electron chi connectivity index (χ1n) is 5.67. The molecule has 1 fully saturated rings. The van der Waals surface area contributed by atoms with Crippen molar-refractivity contribution in [1.82, 2.24) is 4.98 Å². The Morgan fingerprint density at radius 2 is 2.38 bits per heavy atom. The monoisotopic (exact) mass is 235 g/mol. The van der Waals surface area contributed by atoms with E-state index in [2.05, 4.69) is 16.8 Å².